The number of carbonyl (C=O) groups is 1. The van der Waals surface area contributed by atoms with Crippen LogP contribution < -0.4 is 4.72 Å². The zero-order chi connectivity index (χ0) is 14.7. The van der Waals surface area contributed by atoms with E-state index < -0.39 is 52.7 Å². The molecule has 19 heavy (non-hydrogen) atoms. The van der Waals surface area contributed by atoms with Crippen LogP contribution in [-0.2, 0) is 14.8 Å². The highest BCUT2D eigenvalue weighted by atomic mass is 32.2. The van der Waals surface area contributed by atoms with Crippen molar-refractivity contribution in [1.29, 1.82) is 0 Å². The maximum Gasteiger partial charge on any atom is 0.389 e. The molecule has 0 fully saturated rings. The van der Waals surface area contributed by atoms with Crippen molar-refractivity contribution in [1.82, 2.24) is 4.72 Å². The average Bonchev–Trinajstić information content (AvgIpc) is 2.62. The van der Waals surface area contributed by atoms with E-state index in [1.54, 1.807) is 0 Å². The monoisotopic (exact) mass is 301 g/mol. The van der Waals surface area contributed by atoms with E-state index in [1.165, 1.54) is 12.2 Å². The van der Waals surface area contributed by atoms with E-state index in [9.17, 15) is 26.4 Å². The molecule has 0 amide bonds. The zero-order valence-electron chi connectivity index (χ0n) is 9.85. The third kappa shape index (κ3) is 6.06. The maximum absolute atomic E-state index is 11.9. The van der Waals surface area contributed by atoms with Gasteiger partial charge in [-0.1, -0.05) is 12.2 Å². The molecule has 0 saturated heterocycles. The first-order valence-electron chi connectivity index (χ1n) is 5.57. The lowest BCUT2D eigenvalue weighted by molar-refractivity contribution is -0.140. The van der Waals surface area contributed by atoms with Crippen molar-refractivity contribution in [3.05, 3.63) is 12.2 Å². The molecule has 0 spiro atoms. The number of hydrogen-bond acceptors (Lipinski definition) is 3. The summed E-state index contributed by atoms with van der Waals surface area (Å²) in [5.41, 5.74) is 0. The summed E-state index contributed by atoms with van der Waals surface area (Å²) in [6.07, 6.45) is -3.21. The maximum atomic E-state index is 11.9. The Labute approximate surface area is 108 Å². The summed E-state index contributed by atoms with van der Waals surface area (Å²) in [7, 11) is -3.83. The van der Waals surface area contributed by atoms with Crippen molar-refractivity contribution in [2.75, 3.05) is 5.75 Å². The second-order valence-corrected chi connectivity index (χ2v) is 6.20. The molecule has 2 unspecified atom stereocenters. The Balaban J connectivity index is 2.40. The van der Waals surface area contributed by atoms with Crippen LogP contribution in [-0.4, -0.2) is 37.5 Å². The van der Waals surface area contributed by atoms with Crippen molar-refractivity contribution >= 4 is 16.0 Å². The van der Waals surface area contributed by atoms with E-state index in [1.807, 2.05) is 0 Å². The normalized spacial score (nSPS) is 23.7. The molecule has 0 aliphatic heterocycles. The second kappa shape index (κ2) is 5.91. The summed E-state index contributed by atoms with van der Waals surface area (Å²) in [5.74, 6) is -2.45. The summed E-state index contributed by atoms with van der Waals surface area (Å²) in [6, 6.07) is -0.669. The molecule has 0 heterocycles. The Bertz CT molecular complexity index is 458. The highest BCUT2D eigenvalue weighted by Crippen LogP contribution is 2.22. The number of carboxylic acid groups (broad SMARTS) is 1. The standard InChI is InChI=1S/C10H14F3NO4S/c11-10(12,13)4-1-5-19(17,18)14-8-3-2-7(6-8)9(15)16/h2-3,7-8,14H,1,4-6H2,(H,15,16). The number of aliphatic carboxylic acids is 1. The van der Waals surface area contributed by atoms with Crippen LogP contribution in [0, 0.1) is 5.92 Å². The van der Waals surface area contributed by atoms with Crippen molar-refractivity contribution in [2.45, 2.75) is 31.5 Å². The topological polar surface area (TPSA) is 83.5 Å². The van der Waals surface area contributed by atoms with Gasteiger partial charge in [0, 0.05) is 12.5 Å². The Morgan fingerprint density at radius 1 is 1.37 bits per heavy atom. The van der Waals surface area contributed by atoms with E-state index >= 15 is 0 Å². The van der Waals surface area contributed by atoms with Crippen LogP contribution >= 0.6 is 0 Å². The largest absolute Gasteiger partial charge is 0.481 e. The molecular formula is C10H14F3NO4S. The predicted octanol–water partition coefficient (Wildman–Crippen LogP) is 1.28. The summed E-state index contributed by atoms with van der Waals surface area (Å²) < 4.78 is 60.8. The average molecular weight is 301 g/mol. The Morgan fingerprint density at radius 3 is 2.47 bits per heavy atom. The van der Waals surface area contributed by atoms with Gasteiger partial charge in [-0.15, -0.1) is 0 Å². The quantitative estimate of drug-likeness (QED) is 0.724. The van der Waals surface area contributed by atoms with E-state index in [0.717, 1.165) is 0 Å². The Kier molecular flexibility index (Phi) is 4.97. The van der Waals surface area contributed by atoms with Crippen LogP contribution in [0.25, 0.3) is 0 Å². The smallest absolute Gasteiger partial charge is 0.389 e. The van der Waals surface area contributed by atoms with Gasteiger partial charge in [-0.3, -0.25) is 4.79 Å². The van der Waals surface area contributed by atoms with Crippen LogP contribution in [0.3, 0.4) is 0 Å². The predicted molar refractivity (Wildman–Crippen MR) is 60.9 cm³/mol. The molecule has 2 N–H and O–H groups in total. The lowest BCUT2D eigenvalue weighted by Gasteiger charge is -2.13. The highest BCUT2D eigenvalue weighted by Gasteiger charge is 2.29. The van der Waals surface area contributed by atoms with Crippen LogP contribution in [0.15, 0.2) is 12.2 Å². The number of hydrogen-bond donors (Lipinski definition) is 2. The van der Waals surface area contributed by atoms with Gasteiger partial charge in [-0.05, 0) is 12.8 Å². The Morgan fingerprint density at radius 2 is 2.00 bits per heavy atom. The first-order chi connectivity index (χ1) is 8.59. The first kappa shape index (κ1) is 16.0. The molecule has 0 saturated carbocycles. The van der Waals surface area contributed by atoms with E-state index in [0.29, 0.717) is 0 Å². The number of rotatable bonds is 6. The zero-order valence-corrected chi connectivity index (χ0v) is 10.7. The number of carboxylic acids is 1. The minimum absolute atomic E-state index is 0.0772. The fourth-order valence-electron chi connectivity index (χ4n) is 1.72. The molecule has 0 aromatic heterocycles. The molecule has 0 radical (unpaired) electrons. The highest BCUT2D eigenvalue weighted by molar-refractivity contribution is 7.89. The van der Waals surface area contributed by atoms with Gasteiger partial charge in [0.1, 0.15) is 0 Å². The molecule has 0 bridgehead atoms. The Hall–Kier alpha value is -1.09. The number of alkyl halides is 3. The van der Waals surface area contributed by atoms with Crippen LogP contribution in [0.1, 0.15) is 19.3 Å². The summed E-state index contributed by atoms with van der Waals surface area (Å²) in [6.45, 7) is 0. The van der Waals surface area contributed by atoms with Crippen molar-refractivity contribution in [3.63, 3.8) is 0 Å². The van der Waals surface area contributed by atoms with Crippen LogP contribution in [0.4, 0.5) is 13.2 Å². The molecule has 1 aliphatic carbocycles. The van der Waals surface area contributed by atoms with E-state index in [4.69, 9.17) is 5.11 Å². The third-order valence-electron chi connectivity index (χ3n) is 2.61. The van der Waals surface area contributed by atoms with Gasteiger partial charge in [0.05, 0.1) is 11.7 Å². The number of nitrogens with one attached hydrogen (secondary N) is 1. The van der Waals surface area contributed by atoms with Gasteiger partial charge >= 0.3 is 12.1 Å². The molecule has 1 rings (SSSR count). The second-order valence-electron chi connectivity index (χ2n) is 4.33. The third-order valence-corrected chi connectivity index (χ3v) is 4.09. The van der Waals surface area contributed by atoms with Crippen LogP contribution in [0.5, 0.6) is 0 Å². The molecule has 5 nitrogen and oxygen atoms in total. The number of halogens is 3. The summed E-state index contributed by atoms with van der Waals surface area (Å²) >= 11 is 0. The lowest BCUT2D eigenvalue weighted by atomic mass is 10.1. The lowest BCUT2D eigenvalue weighted by Crippen LogP contribution is -2.35. The molecule has 110 valence electrons. The SMILES string of the molecule is O=C(O)C1C=CC(NS(=O)(=O)CCCC(F)(F)F)C1. The molecule has 0 aromatic rings. The van der Waals surface area contributed by atoms with E-state index in [-0.39, 0.29) is 6.42 Å². The van der Waals surface area contributed by atoms with Crippen molar-refractivity contribution in [2.24, 2.45) is 5.92 Å². The summed E-state index contributed by atoms with van der Waals surface area (Å²) in [5, 5.41) is 8.71. The van der Waals surface area contributed by atoms with Gasteiger partial charge in [-0.2, -0.15) is 13.2 Å². The van der Waals surface area contributed by atoms with Crippen molar-refractivity contribution < 1.29 is 31.5 Å². The molecule has 1 aliphatic rings. The van der Waals surface area contributed by atoms with Gasteiger partial charge < -0.3 is 5.11 Å². The number of sulfonamides is 1. The first-order valence-corrected chi connectivity index (χ1v) is 7.22. The molecule has 2 atom stereocenters. The van der Waals surface area contributed by atoms with E-state index in [2.05, 4.69) is 4.72 Å². The van der Waals surface area contributed by atoms with Gasteiger partial charge in [0.25, 0.3) is 0 Å². The molecule has 9 heteroatoms. The fraction of sp³-hybridized carbons (Fsp3) is 0.700. The molecule has 0 aromatic carbocycles. The molecular weight excluding hydrogens is 287 g/mol. The van der Waals surface area contributed by atoms with Gasteiger partial charge in [0.15, 0.2) is 0 Å². The minimum Gasteiger partial charge on any atom is -0.481 e. The fourth-order valence-corrected chi connectivity index (χ4v) is 3.00. The minimum atomic E-state index is -4.38. The van der Waals surface area contributed by atoms with Gasteiger partial charge in [0.2, 0.25) is 10.0 Å². The van der Waals surface area contributed by atoms with Gasteiger partial charge in [-0.25, -0.2) is 13.1 Å². The van der Waals surface area contributed by atoms with Crippen molar-refractivity contribution in [3.8, 4) is 0 Å². The van der Waals surface area contributed by atoms with Crippen LogP contribution in [0.2, 0.25) is 0 Å². The summed E-state index contributed by atoms with van der Waals surface area (Å²) in [4.78, 5) is 10.6.